The first-order valence-electron chi connectivity index (χ1n) is 9.45. The third-order valence-corrected chi connectivity index (χ3v) is 13.4. The smallest absolute Gasteiger partial charge is 0.0213 e. The fourth-order valence-corrected chi connectivity index (χ4v) is 11.4. The largest absolute Gasteiger partial charge is 0.0898 e. The second-order valence-electron chi connectivity index (χ2n) is 10.4. The zero-order chi connectivity index (χ0) is 16.0. The molecule has 0 heterocycles. The van der Waals surface area contributed by atoms with Gasteiger partial charge in [0, 0.05) is 10.5 Å². The number of rotatable bonds is 3. The molecule has 0 unspecified atom stereocenters. The molecule has 0 aromatic carbocycles. The molecule has 0 aromatic heterocycles. The first-order valence-corrected chi connectivity index (χ1v) is 11.7. The molecular weight excluding hydrogens is 304 g/mol. The van der Waals surface area contributed by atoms with E-state index >= 15 is 0 Å². The highest BCUT2D eigenvalue weighted by Crippen LogP contribution is 2.73. The molecule has 4 fully saturated rings. The Morgan fingerprint density at radius 2 is 1.00 bits per heavy atom. The molecule has 0 aromatic rings. The molecule has 4 aliphatic carbocycles. The molecule has 2 heteroatoms. The van der Waals surface area contributed by atoms with Gasteiger partial charge in [0.15, 0.2) is 0 Å². The van der Waals surface area contributed by atoms with Gasteiger partial charge in [0.25, 0.3) is 0 Å². The fraction of sp³-hybridized carbons (Fsp3) is 1.00. The quantitative estimate of drug-likeness (QED) is 0.519. The van der Waals surface area contributed by atoms with Crippen molar-refractivity contribution in [3.8, 4) is 0 Å². The van der Waals surface area contributed by atoms with Gasteiger partial charge in [-0.1, -0.05) is 63.1 Å². The Labute approximate surface area is 145 Å². The van der Waals surface area contributed by atoms with Crippen molar-refractivity contribution in [2.75, 3.05) is 0 Å². The van der Waals surface area contributed by atoms with E-state index in [1.807, 2.05) is 0 Å². The Morgan fingerprint density at radius 3 is 1.23 bits per heavy atom. The van der Waals surface area contributed by atoms with Gasteiger partial charge in [-0.3, -0.25) is 0 Å². The van der Waals surface area contributed by atoms with E-state index in [1.165, 1.54) is 38.5 Å². The topological polar surface area (TPSA) is 0 Å². The normalized spacial score (nSPS) is 54.3. The summed E-state index contributed by atoms with van der Waals surface area (Å²) in [5.41, 5.74) is 2.32. The number of hydrogen-bond acceptors (Lipinski definition) is 2. The van der Waals surface area contributed by atoms with Gasteiger partial charge < -0.3 is 0 Å². The Bertz CT molecular complexity index is 438. The lowest BCUT2D eigenvalue weighted by Gasteiger charge is -2.41. The van der Waals surface area contributed by atoms with Crippen molar-refractivity contribution in [3.05, 3.63) is 0 Å². The first-order chi connectivity index (χ1) is 10.1. The van der Waals surface area contributed by atoms with Crippen LogP contribution in [0.4, 0.5) is 0 Å². The Kier molecular flexibility index (Phi) is 3.42. The van der Waals surface area contributed by atoms with Crippen LogP contribution < -0.4 is 0 Å². The summed E-state index contributed by atoms with van der Waals surface area (Å²) in [5, 5.41) is 1.80. The molecule has 0 spiro atoms. The predicted octanol–water partition coefficient (Wildman–Crippen LogP) is 6.80. The molecule has 6 atom stereocenters. The van der Waals surface area contributed by atoms with E-state index < -0.39 is 0 Å². The maximum Gasteiger partial charge on any atom is 0.0213 e. The minimum absolute atomic E-state index is 0.573. The number of fused-ring (bicyclic) bond motifs is 4. The van der Waals surface area contributed by atoms with Gasteiger partial charge in [0.05, 0.1) is 0 Å². The van der Waals surface area contributed by atoms with Crippen molar-refractivity contribution in [1.82, 2.24) is 0 Å². The molecular formula is C20H34S2. The number of hydrogen-bond donors (Lipinski definition) is 0. The molecule has 0 aliphatic heterocycles. The van der Waals surface area contributed by atoms with Crippen LogP contribution in [-0.4, -0.2) is 10.5 Å². The highest BCUT2D eigenvalue weighted by atomic mass is 33.1. The molecule has 0 radical (unpaired) electrons. The van der Waals surface area contributed by atoms with E-state index in [0.717, 1.165) is 22.3 Å². The van der Waals surface area contributed by atoms with E-state index in [4.69, 9.17) is 0 Å². The van der Waals surface area contributed by atoms with E-state index in [-0.39, 0.29) is 0 Å². The first kappa shape index (κ1) is 16.2. The SMILES string of the molecule is CC1(C)[C@H]2CC[C@]1(C)[C@H](SS[C@@H]1C[C@@H]3CC[C@@]1(C)C3(C)C)C2. The molecule has 4 aliphatic rings. The van der Waals surface area contributed by atoms with Crippen LogP contribution >= 0.6 is 21.6 Å². The third kappa shape index (κ3) is 1.75. The van der Waals surface area contributed by atoms with E-state index in [1.54, 1.807) is 0 Å². The second-order valence-corrected chi connectivity index (χ2v) is 13.1. The molecule has 0 N–H and O–H groups in total. The van der Waals surface area contributed by atoms with Gasteiger partial charge >= 0.3 is 0 Å². The summed E-state index contributed by atoms with van der Waals surface area (Å²) in [7, 11) is 4.60. The van der Waals surface area contributed by atoms with Crippen LogP contribution in [0.15, 0.2) is 0 Å². The van der Waals surface area contributed by atoms with E-state index in [2.05, 4.69) is 63.1 Å². The van der Waals surface area contributed by atoms with Gasteiger partial charge in [-0.15, -0.1) is 0 Å². The van der Waals surface area contributed by atoms with Crippen molar-refractivity contribution < 1.29 is 0 Å². The van der Waals surface area contributed by atoms with Crippen molar-refractivity contribution in [1.29, 1.82) is 0 Å². The summed E-state index contributed by atoms with van der Waals surface area (Å²) >= 11 is 0. The van der Waals surface area contributed by atoms with Gasteiger partial charge in [-0.05, 0) is 72.0 Å². The minimum Gasteiger partial charge on any atom is -0.0898 e. The zero-order valence-electron chi connectivity index (χ0n) is 15.4. The van der Waals surface area contributed by atoms with Crippen LogP contribution in [-0.2, 0) is 0 Å². The van der Waals surface area contributed by atoms with Crippen LogP contribution in [0, 0.1) is 33.5 Å². The lowest BCUT2D eigenvalue weighted by molar-refractivity contribution is 0.156. The summed E-state index contributed by atoms with van der Waals surface area (Å²) in [6.45, 7) is 15.4. The van der Waals surface area contributed by atoms with Gasteiger partial charge in [-0.25, -0.2) is 0 Å². The highest BCUT2D eigenvalue weighted by Gasteiger charge is 2.64. The van der Waals surface area contributed by atoms with Gasteiger partial charge in [-0.2, -0.15) is 0 Å². The standard InChI is InChI=1S/C20H34S2/c1-17(2)13-7-9-19(17,5)15(11-13)21-22-16-12-14-8-10-20(16,6)18(14,3)4/h13-16H,7-12H2,1-6H3/t13-,14-,15+,16+,19+,20+/m0/s1. The van der Waals surface area contributed by atoms with Crippen molar-refractivity contribution >= 4 is 21.6 Å². The Hall–Kier alpha value is 0.700. The average molecular weight is 339 g/mol. The zero-order valence-corrected chi connectivity index (χ0v) is 17.0. The fourth-order valence-electron chi connectivity index (χ4n) is 6.69. The van der Waals surface area contributed by atoms with Gasteiger partial charge in [0.2, 0.25) is 0 Å². The van der Waals surface area contributed by atoms with Crippen LogP contribution in [0.5, 0.6) is 0 Å². The monoisotopic (exact) mass is 338 g/mol. The van der Waals surface area contributed by atoms with Crippen LogP contribution in [0.1, 0.15) is 80.1 Å². The summed E-state index contributed by atoms with van der Waals surface area (Å²) in [5.74, 6) is 1.98. The molecule has 4 bridgehead atoms. The molecule has 4 rings (SSSR count). The molecule has 4 saturated carbocycles. The Balaban J connectivity index is 1.45. The van der Waals surface area contributed by atoms with E-state index in [9.17, 15) is 0 Å². The van der Waals surface area contributed by atoms with Crippen molar-refractivity contribution in [2.45, 2.75) is 90.6 Å². The van der Waals surface area contributed by atoms with Gasteiger partial charge in [0.1, 0.15) is 0 Å². The second kappa shape index (κ2) is 4.65. The molecule has 22 heavy (non-hydrogen) atoms. The predicted molar refractivity (Wildman–Crippen MR) is 101 cm³/mol. The molecule has 126 valence electrons. The third-order valence-electron chi connectivity index (χ3n) is 9.72. The summed E-state index contributed by atoms with van der Waals surface area (Å²) in [6, 6.07) is 0. The van der Waals surface area contributed by atoms with Crippen molar-refractivity contribution in [3.63, 3.8) is 0 Å². The van der Waals surface area contributed by atoms with Crippen LogP contribution in [0.2, 0.25) is 0 Å². The lowest BCUT2D eigenvalue weighted by atomic mass is 9.71. The minimum atomic E-state index is 0.573. The molecule has 0 amide bonds. The van der Waals surface area contributed by atoms with Crippen LogP contribution in [0.3, 0.4) is 0 Å². The molecule has 0 saturated heterocycles. The van der Waals surface area contributed by atoms with E-state index in [0.29, 0.717) is 21.7 Å². The highest BCUT2D eigenvalue weighted by molar-refractivity contribution is 8.77. The molecule has 0 nitrogen and oxygen atoms in total. The summed E-state index contributed by atoms with van der Waals surface area (Å²) < 4.78 is 0. The average Bonchev–Trinajstić information content (AvgIpc) is 2.95. The maximum absolute atomic E-state index is 2.60. The summed E-state index contributed by atoms with van der Waals surface area (Å²) in [4.78, 5) is 0. The maximum atomic E-state index is 2.60. The van der Waals surface area contributed by atoms with Crippen LogP contribution in [0.25, 0.3) is 0 Å². The Morgan fingerprint density at radius 1 is 0.636 bits per heavy atom. The summed E-state index contributed by atoms with van der Waals surface area (Å²) in [6.07, 6.45) is 8.88. The van der Waals surface area contributed by atoms with Crippen molar-refractivity contribution in [2.24, 2.45) is 33.5 Å². The lowest BCUT2D eigenvalue weighted by Crippen LogP contribution is -2.35.